The third kappa shape index (κ3) is 5.20. The summed E-state index contributed by atoms with van der Waals surface area (Å²) in [6.07, 6.45) is -0.972. The van der Waals surface area contributed by atoms with Crippen molar-refractivity contribution in [3.05, 3.63) is 69.8 Å². The number of carbonyl (C=O) groups is 4. The predicted octanol–water partition coefficient (Wildman–Crippen LogP) is 1.90. The fraction of sp³-hybridized carbons (Fsp3) is 0.333. The van der Waals surface area contributed by atoms with E-state index in [1.807, 2.05) is 0 Å². The summed E-state index contributed by atoms with van der Waals surface area (Å²) in [5.74, 6) is -2.48. The molecule has 2 heterocycles. The number of carboxylic acids is 1. The van der Waals surface area contributed by atoms with Crippen molar-refractivity contribution in [3.8, 4) is 5.75 Å². The van der Waals surface area contributed by atoms with E-state index in [0.717, 1.165) is 0 Å². The molecule has 4 N–H and O–H groups in total. The molecular formula is C24H24N4O9S. The van der Waals surface area contributed by atoms with Crippen molar-refractivity contribution in [2.24, 2.45) is 0 Å². The number of fused-ring (bicyclic) bond motifs is 1. The first kappa shape index (κ1) is 26.7. The van der Waals surface area contributed by atoms with E-state index in [0.29, 0.717) is 11.1 Å². The minimum absolute atomic E-state index is 0.0669. The topological polar surface area (TPSA) is 188 Å². The Balaban J connectivity index is 1.45. The molecule has 2 saturated heterocycles. The van der Waals surface area contributed by atoms with Gasteiger partial charge in [-0.1, -0.05) is 12.1 Å². The van der Waals surface area contributed by atoms with Crippen molar-refractivity contribution in [2.75, 3.05) is 0 Å². The summed E-state index contributed by atoms with van der Waals surface area (Å²) in [5.41, 5.74) is 0.647. The number of non-ortho nitro benzene ring substituents is 1. The molecule has 200 valence electrons. The molecule has 4 rings (SSSR count). The number of ether oxygens (including phenoxy) is 1. The molecule has 0 radical (unpaired) electrons. The van der Waals surface area contributed by atoms with E-state index >= 15 is 0 Å². The van der Waals surface area contributed by atoms with Gasteiger partial charge in [0, 0.05) is 16.9 Å². The normalized spacial score (nSPS) is 22.0. The molecule has 0 bridgehead atoms. The molecule has 0 aliphatic carbocycles. The van der Waals surface area contributed by atoms with Gasteiger partial charge in [-0.25, -0.2) is 9.59 Å². The first-order chi connectivity index (χ1) is 17.9. The first-order valence-electron chi connectivity index (χ1n) is 11.4. The minimum atomic E-state index is -1.31. The smallest absolute Gasteiger partial charge is 0.408 e. The number of nitrogens with zero attached hydrogens (tertiary/aromatic N) is 2. The lowest BCUT2D eigenvalue weighted by Gasteiger charge is -2.44. The molecule has 2 fully saturated rings. The van der Waals surface area contributed by atoms with E-state index in [1.54, 1.807) is 13.8 Å². The van der Waals surface area contributed by atoms with E-state index in [9.17, 15) is 39.5 Å². The van der Waals surface area contributed by atoms with Crippen LogP contribution >= 0.6 is 11.8 Å². The summed E-state index contributed by atoms with van der Waals surface area (Å²) >= 11 is 1.26. The number of thioether (sulfide) groups is 1. The summed E-state index contributed by atoms with van der Waals surface area (Å²) in [6, 6.07) is 7.51. The molecule has 0 spiro atoms. The molecule has 38 heavy (non-hydrogen) atoms. The van der Waals surface area contributed by atoms with Crippen LogP contribution in [0.5, 0.6) is 5.75 Å². The van der Waals surface area contributed by atoms with Crippen LogP contribution in [0.25, 0.3) is 0 Å². The maximum Gasteiger partial charge on any atom is 0.408 e. The van der Waals surface area contributed by atoms with E-state index in [2.05, 4.69) is 10.6 Å². The highest BCUT2D eigenvalue weighted by atomic mass is 32.2. The molecule has 13 nitrogen and oxygen atoms in total. The average molecular weight is 545 g/mol. The molecule has 0 saturated carbocycles. The van der Waals surface area contributed by atoms with Gasteiger partial charge in [-0.3, -0.25) is 19.7 Å². The molecular weight excluding hydrogens is 520 g/mol. The largest absolute Gasteiger partial charge is 0.508 e. The third-order valence-corrected chi connectivity index (χ3v) is 7.81. The van der Waals surface area contributed by atoms with Crippen molar-refractivity contribution in [1.82, 2.24) is 15.5 Å². The number of hydrogen-bond acceptors (Lipinski definition) is 9. The number of aliphatic carboxylic acids is 1. The Morgan fingerprint density at radius 2 is 1.79 bits per heavy atom. The second-order valence-electron chi connectivity index (χ2n) is 9.25. The Bertz CT molecular complexity index is 1280. The van der Waals surface area contributed by atoms with Gasteiger partial charge in [-0.05, 0) is 49.2 Å². The van der Waals surface area contributed by atoms with Crippen LogP contribution in [-0.2, 0) is 25.7 Å². The number of nitro groups is 1. The number of β-lactam (4-membered cyclic amide) rings is 1. The lowest BCUT2D eigenvalue weighted by Crippen LogP contribution is -2.71. The molecule has 2 aromatic carbocycles. The number of aromatic hydroxyl groups is 1. The summed E-state index contributed by atoms with van der Waals surface area (Å²) in [7, 11) is 0. The minimum Gasteiger partial charge on any atom is -0.508 e. The van der Waals surface area contributed by atoms with E-state index in [-0.39, 0.29) is 18.0 Å². The van der Waals surface area contributed by atoms with Gasteiger partial charge in [0.2, 0.25) is 11.8 Å². The number of phenolic OH excluding ortho intramolecular Hbond substituents is 1. The van der Waals surface area contributed by atoms with Crippen LogP contribution in [0, 0.1) is 10.1 Å². The Hall–Kier alpha value is -4.33. The highest BCUT2D eigenvalue weighted by Crippen LogP contribution is 2.50. The van der Waals surface area contributed by atoms with Crippen LogP contribution in [0.4, 0.5) is 10.5 Å². The molecule has 2 unspecified atom stereocenters. The maximum atomic E-state index is 13.2. The highest BCUT2D eigenvalue weighted by molar-refractivity contribution is 8.01. The van der Waals surface area contributed by atoms with Crippen LogP contribution in [0.15, 0.2) is 48.5 Å². The van der Waals surface area contributed by atoms with Crippen molar-refractivity contribution in [3.63, 3.8) is 0 Å². The second kappa shape index (κ2) is 10.2. The van der Waals surface area contributed by atoms with Crippen molar-refractivity contribution in [2.45, 2.75) is 48.7 Å². The second-order valence-corrected chi connectivity index (χ2v) is 11.0. The highest BCUT2D eigenvalue weighted by Gasteiger charge is 2.64. The average Bonchev–Trinajstić information content (AvgIpc) is 3.13. The molecule has 0 aromatic heterocycles. The van der Waals surface area contributed by atoms with Gasteiger partial charge in [0.15, 0.2) is 0 Å². The summed E-state index contributed by atoms with van der Waals surface area (Å²) in [6.45, 7) is 3.19. The Labute approximate surface area is 220 Å². The van der Waals surface area contributed by atoms with Crippen LogP contribution in [0.1, 0.15) is 31.0 Å². The number of alkyl carbamates (subject to hydrolysis) is 1. The number of nitrogens with one attached hydrogen (secondary N) is 2. The number of benzene rings is 2. The van der Waals surface area contributed by atoms with Crippen molar-refractivity contribution in [1.29, 1.82) is 0 Å². The maximum absolute atomic E-state index is 13.2. The zero-order valence-electron chi connectivity index (χ0n) is 20.2. The molecule has 3 amide bonds. The van der Waals surface area contributed by atoms with Gasteiger partial charge in [0.25, 0.3) is 5.69 Å². The number of carbonyl (C=O) groups excluding carboxylic acids is 3. The molecule has 2 aliphatic rings. The van der Waals surface area contributed by atoms with Gasteiger partial charge in [-0.2, -0.15) is 0 Å². The van der Waals surface area contributed by atoms with Gasteiger partial charge < -0.3 is 30.5 Å². The Morgan fingerprint density at radius 1 is 1.16 bits per heavy atom. The van der Waals surface area contributed by atoms with E-state index < -0.39 is 57.0 Å². The van der Waals surface area contributed by atoms with Crippen LogP contribution in [0.2, 0.25) is 0 Å². The number of phenols is 1. The standard InChI is InChI=1S/C24H24N4O9S/c1-24(2)18(22(32)33)27-20(31)17(21(27)38-24)25-19(30)16(13-5-9-15(29)10-6-13)26-23(34)37-11-12-3-7-14(8-4-12)28(35)36/h3-10,16-18,21,29H,11H2,1-2H3,(H,25,30)(H,26,34)(H,32,33)/t16?,17?,18-,21+/m0/s1. The number of hydrogen-bond donors (Lipinski definition) is 4. The Morgan fingerprint density at radius 3 is 2.37 bits per heavy atom. The van der Waals surface area contributed by atoms with Gasteiger partial charge in [-0.15, -0.1) is 11.8 Å². The van der Waals surface area contributed by atoms with Crippen molar-refractivity contribution >= 4 is 41.3 Å². The monoisotopic (exact) mass is 544 g/mol. The first-order valence-corrected chi connectivity index (χ1v) is 12.3. The lowest BCUT2D eigenvalue weighted by molar-refractivity contribution is -0.384. The van der Waals surface area contributed by atoms with Crippen LogP contribution < -0.4 is 10.6 Å². The fourth-order valence-corrected chi connectivity index (χ4v) is 6.00. The number of carboxylic acid groups (broad SMARTS) is 1. The van der Waals surface area contributed by atoms with Crippen LogP contribution in [-0.4, -0.2) is 66.1 Å². The van der Waals surface area contributed by atoms with Gasteiger partial charge in [0.1, 0.15) is 35.9 Å². The molecule has 14 heteroatoms. The summed E-state index contributed by atoms with van der Waals surface area (Å²) in [5, 5.41) is 34.4. The predicted molar refractivity (Wildman–Crippen MR) is 133 cm³/mol. The number of amides is 3. The van der Waals surface area contributed by atoms with E-state index in [4.69, 9.17) is 4.74 Å². The van der Waals surface area contributed by atoms with Crippen LogP contribution in [0.3, 0.4) is 0 Å². The SMILES string of the molecule is CC1(C)S[C@@H]2C(NC(=O)C(NC(=O)OCc3ccc([N+](=O)[O-])cc3)c3ccc(O)cc3)C(=O)N2[C@H]1C(=O)O. The fourth-order valence-electron chi connectivity index (χ4n) is 4.37. The quantitative estimate of drug-likeness (QED) is 0.217. The molecule has 2 aliphatic heterocycles. The zero-order valence-corrected chi connectivity index (χ0v) is 21.0. The summed E-state index contributed by atoms with van der Waals surface area (Å²) in [4.78, 5) is 61.8. The zero-order chi connectivity index (χ0) is 27.8. The summed E-state index contributed by atoms with van der Waals surface area (Å²) < 4.78 is 4.39. The Kier molecular flexibility index (Phi) is 7.18. The van der Waals surface area contributed by atoms with Crippen molar-refractivity contribution < 1.29 is 39.1 Å². The number of rotatable bonds is 8. The third-order valence-electron chi connectivity index (χ3n) is 6.24. The number of nitro benzene ring substituents is 1. The lowest BCUT2D eigenvalue weighted by atomic mass is 9.95. The molecule has 4 atom stereocenters. The van der Waals surface area contributed by atoms with E-state index in [1.165, 1.54) is 65.2 Å². The molecule has 2 aromatic rings. The van der Waals surface area contributed by atoms with Gasteiger partial charge >= 0.3 is 12.1 Å². The van der Waals surface area contributed by atoms with Gasteiger partial charge in [0.05, 0.1) is 4.92 Å².